The van der Waals surface area contributed by atoms with E-state index in [9.17, 15) is 4.79 Å². The third-order valence-electron chi connectivity index (χ3n) is 2.56. The zero-order valence-corrected chi connectivity index (χ0v) is 12.2. The lowest BCUT2D eigenvalue weighted by Gasteiger charge is -2.09. The topological polar surface area (TPSA) is 35.5 Å². The fourth-order valence-corrected chi connectivity index (χ4v) is 1.88. The van der Waals surface area contributed by atoms with E-state index >= 15 is 0 Å². The fraction of sp³-hybridized carbons (Fsp3) is 0.133. The summed E-state index contributed by atoms with van der Waals surface area (Å²) in [6, 6.07) is 12.0. The molecule has 0 fully saturated rings. The molecule has 0 unspecified atom stereocenters. The van der Waals surface area contributed by atoms with Crippen LogP contribution in [0.2, 0.25) is 10.0 Å². The van der Waals surface area contributed by atoms with Crippen molar-refractivity contribution in [2.75, 3.05) is 6.61 Å². The Bertz CT molecular complexity index is 626. The van der Waals surface area contributed by atoms with E-state index < -0.39 is 5.97 Å². The molecular formula is C15H12Cl2O3. The van der Waals surface area contributed by atoms with Gasteiger partial charge >= 0.3 is 5.97 Å². The molecule has 0 heterocycles. The Balaban J connectivity index is 1.96. The maximum atomic E-state index is 11.7. The molecule has 2 rings (SSSR count). The molecule has 0 amide bonds. The van der Waals surface area contributed by atoms with Gasteiger partial charge in [0.05, 0.1) is 5.02 Å². The van der Waals surface area contributed by atoms with Crippen LogP contribution in [0.15, 0.2) is 42.5 Å². The van der Waals surface area contributed by atoms with Gasteiger partial charge in [0.1, 0.15) is 11.5 Å². The van der Waals surface area contributed by atoms with Gasteiger partial charge in [0.15, 0.2) is 6.61 Å². The van der Waals surface area contributed by atoms with Crippen molar-refractivity contribution >= 4 is 29.2 Å². The third-order valence-corrected chi connectivity index (χ3v) is 3.10. The smallest absolute Gasteiger partial charge is 0.349 e. The van der Waals surface area contributed by atoms with Gasteiger partial charge in [-0.2, -0.15) is 0 Å². The van der Waals surface area contributed by atoms with Crippen LogP contribution in [-0.2, 0) is 4.79 Å². The number of hydrogen-bond acceptors (Lipinski definition) is 3. The van der Waals surface area contributed by atoms with E-state index in [0.29, 0.717) is 21.5 Å². The minimum absolute atomic E-state index is 0.242. The summed E-state index contributed by atoms with van der Waals surface area (Å²) < 4.78 is 10.5. The van der Waals surface area contributed by atoms with E-state index in [1.54, 1.807) is 30.3 Å². The van der Waals surface area contributed by atoms with Gasteiger partial charge in [-0.05, 0) is 30.7 Å². The molecule has 5 heteroatoms. The number of para-hydroxylation sites is 1. The maximum absolute atomic E-state index is 11.7. The summed E-state index contributed by atoms with van der Waals surface area (Å²) in [5, 5.41) is 0.870. The van der Waals surface area contributed by atoms with Gasteiger partial charge in [-0.25, -0.2) is 4.79 Å². The van der Waals surface area contributed by atoms with Crippen molar-refractivity contribution in [2.45, 2.75) is 6.92 Å². The summed E-state index contributed by atoms with van der Waals surface area (Å²) in [7, 11) is 0. The fourth-order valence-electron chi connectivity index (χ4n) is 1.55. The average Bonchev–Trinajstić information content (AvgIpc) is 2.42. The Hall–Kier alpha value is -1.71. The van der Waals surface area contributed by atoms with Crippen molar-refractivity contribution in [3.8, 4) is 11.5 Å². The second-order valence-corrected chi connectivity index (χ2v) is 4.95. The first-order valence-corrected chi connectivity index (χ1v) is 6.66. The van der Waals surface area contributed by atoms with Crippen LogP contribution in [0.4, 0.5) is 0 Å². The van der Waals surface area contributed by atoms with Crippen LogP contribution in [0, 0.1) is 6.92 Å². The van der Waals surface area contributed by atoms with Gasteiger partial charge in [-0.3, -0.25) is 0 Å². The highest BCUT2D eigenvalue weighted by atomic mass is 35.5. The molecule has 2 aromatic carbocycles. The summed E-state index contributed by atoms with van der Waals surface area (Å²) in [5.41, 5.74) is 0.877. The quantitative estimate of drug-likeness (QED) is 0.624. The van der Waals surface area contributed by atoms with E-state index in [1.165, 1.54) is 0 Å². The number of rotatable bonds is 4. The lowest BCUT2D eigenvalue weighted by Crippen LogP contribution is -2.18. The Morgan fingerprint density at radius 2 is 1.85 bits per heavy atom. The highest BCUT2D eigenvalue weighted by molar-refractivity contribution is 6.34. The second kappa shape index (κ2) is 6.64. The van der Waals surface area contributed by atoms with E-state index in [0.717, 1.165) is 5.56 Å². The van der Waals surface area contributed by atoms with Gasteiger partial charge < -0.3 is 9.47 Å². The molecule has 0 saturated heterocycles. The summed E-state index contributed by atoms with van der Waals surface area (Å²) in [4.78, 5) is 11.7. The van der Waals surface area contributed by atoms with E-state index in [4.69, 9.17) is 32.7 Å². The van der Waals surface area contributed by atoms with Crippen LogP contribution in [0.3, 0.4) is 0 Å². The lowest BCUT2D eigenvalue weighted by molar-refractivity contribution is -0.136. The number of carbonyl (C=O) groups excluding carboxylic acids is 1. The van der Waals surface area contributed by atoms with Crippen molar-refractivity contribution in [3.63, 3.8) is 0 Å². The monoisotopic (exact) mass is 310 g/mol. The van der Waals surface area contributed by atoms with Crippen LogP contribution >= 0.6 is 23.2 Å². The van der Waals surface area contributed by atoms with Crippen molar-refractivity contribution in [1.82, 2.24) is 0 Å². The largest absolute Gasteiger partial charge is 0.480 e. The first-order chi connectivity index (χ1) is 9.56. The highest BCUT2D eigenvalue weighted by Gasteiger charge is 2.10. The third kappa shape index (κ3) is 3.89. The summed E-state index contributed by atoms with van der Waals surface area (Å²) in [6.45, 7) is 1.62. The predicted octanol–water partition coefficient (Wildman–Crippen LogP) is 4.29. The van der Waals surface area contributed by atoms with E-state index in [-0.39, 0.29) is 6.61 Å². The highest BCUT2D eigenvalue weighted by Crippen LogP contribution is 2.27. The number of aryl methyl sites for hydroxylation is 1. The van der Waals surface area contributed by atoms with Crippen LogP contribution in [-0.4, -0.2) is 12.6 Å². The normalized spacial score (nSPS) is 10.2. The number of benzene rings is 2. The maximum Gasteiger partial charge on any atom is 0.349 e. The Morgan fingerprint density at radius 3 is 2.60 bits per heavy atom. The summed E-state index contributed by atoms with van der Waals surface area (Å²) in [6.07, 6.45) is 0. The molecule has 0 bridgehead atoms. The molecule has 0 aromatic heterocycles. The predicted molar refractivity (Wildman–Crippen MR) is 78.8 cm³/mol. The Morgan fingerprint density at radius 1 is 1.10 bits per heavy atom. The lowest BCUT2D eigenvalue weighted by atomic mass is 10.2. The van der Waals surface area contributed by atoms with Crippen molar-refractivity contribution in [1.29, 1.82) is 0 Å². The van der Waals surface area contributed by atoms with Crippen LogP contribution < -0.4 is 9.47 Å². The number of halogens is 2. The standard InChI is InChI=1S/C15H12Cl2O3/c1-10-4-2-3-5-13(10)20-15(18)9-19-14-8-11(16)6-7-12(14)17/h2-8H,9H2,1H3. The van der Waals surface area contributed by atoms with Gasteiger partial charge in [-0.15, -0.1) is 0 Å². The van der Waals surface area contributed by atoms with Crippen LogP contribution in [0.5, 0.6) is 11.5 Å². The Kier molecular flexibility index (Phi) is 4.88. The molecule has 3 nitrogen and oxygen atoms in total. The molecule has 0 radical (unpaired) electrons. The number of esters is 1. The van der Waals surface area contributed by atoms with E-state index in [2.05, 4.69) is 0 Å². The second-order valence-electron chi connectivity index (χ2n) is 4.10. The molecule has 0 aliphatic heterocycles. The molecular weight excluding hydrogens is 299 g/mol. The van der Waals surface area contributed by atoms with Crippen molar-refractivity contribution < 1.29 is 14.3 Å². The number of hydrogen-bond donors (Lipinski definition) is 0. The summed E-state index contributed by atoms with van der Waals surface area (Å²) in [5.74, 6) is 0.356. The molecule has 104 valence electrons. The SMILES string of the molecule is Cc1ccccc1OC(=O)COc1cc(Cl)ccc1Cl. The molecule has 0 saturated carbocycles. The molecule has 0 atom stereocenters. The summed E-state index contributed by atoms with van der Waals surface area (Å²) >= 11 is 11.8. The Labute approximate surface area is 127 Å². The van der Waals surface area contributed by atoms with E-state index in [1.807, 2.05) is 19.1 Å². The van der Waals surface area contributed by atoms with Gasteiger partial charge in [-0.1, -0.05) is 41.4 Å². The minimum Gasteiger partial charge on any atom is -0.480 e. The zero-order chi connectivity index (χ0) is 14.5. The van der Waals surface area contributed by atoms with Crippen LogP contribution in [0.25, 0.3) is 0 Å². The average molecular weight is 311 g/mol. The van der Waals surface area contributed by atoms with Gasteiger partial charge in [0, 0.05) is 11.1 Å². The zero-order valence-electron chi connectivity index (χ0n) is 10.7. The molecule has 0 spiro atoms. The number of carbonyl (C=O) groups is 1. The van der Waals surface area contributed by atoms with Crippen LogP contribution in [0.1, 0.15) is 5.56 Å². The van der Waals surface area contributed by atoms with Gasteiger partial charge in [0.2, 0.25) is 0 Å². The molecule has 0 N–H and O–H groups in total. The molecule has 2 aromatic rings. The van der Waals surface area contributed by atoms with Crippen molar-refractivity contribution in [2.24, 2.45) is 0 Å². The van der Waals surface area contributed by atoms with Crippen molar-refractivity contribution in [3.05, 3.63) is 58.1 Å². The minimum atomic E-state index is -0.504. The molecule has 0 aliphatic carbocycles. The molecule has 20 heavy (non-hydrogen) atoms. The van der Waals surface area contributed by atoms with Gasteiger partial charge in [0.25, 0.3) is 0 Å². The number of ether oxygens (including phenoxy) is 2. The first kappa shape index (κ1) is 14.7. The first-order valence-electron chi connectivity index (χ1n) is 5.90. The molecule has 0 aliphatic rings.